The highest BCUT2D eigenvalue weighted by atomic mass is 16.2. The molecule has 2 N–H and O–H groups in total. The van der Waals surface area contributed by atoms with Gasteiger partial charge >= 0.3 is 0 Å². The Bertz CT molecular complexity index is 1310. The monoisotopic (exact) mass is 457 g/mol. The van der Waals surface area contributed by atoms with Crippen LogP contribution in [0.2, 0.25) is 0 Å². The maximum Gasteiger partial charge on any atom is 0.259 e. The van der Waals surface area contributed by atoms with Gasteiger partial charge in [0.05, 0.1) is 28.7 Å². The first-order valence-corrected chi connectivity index (χ1v) is 11.0. The molecule has 5 rings (SSSR count). The van der Waals surface area contributed by atoms with Crippen LogP contribution < -0.4 is 10.6 Å². The summed E-state index contributed by atoms with van der Waals surface area (Å²) in [5, 5.41) is 9.43. The van der Waals surface area contributed by atoms with Crippen LogP contribution in [-0.4, -0.2) is 44.4 Å². The number of benzene rings is 2. The van der Waals surface area contributed by atoms with Crippen molar-refractivity contribution in [3.8, 4) is 0 Å². The molecule has 2 aromatic carbocycles. The Hall–Kier alpha value is -4.27. The zero-order valence-electron chi connectivity index (χ0n) is 18.6. The second-order valence-electron chi connectivity index (χ2n) is 8.48. The smallest absolute Gasteiger partial charge is 0.259 e. The number of nitrogens with one attached hydrogen (secondary N) is 2. The third-order valence-corrected chi connectivity index (χ3v) is 6.32. The topological polar surface area (TPSA) is 113 Å². The Morgan fingerprint density at radius 3 is 2.68 bits per heavy atom. The van der Waals surface area contributed by atoms with Crippen molar-refractivity contribution in [2.45, 2.75) is 31.8 Å². The van der Waals surface area contributed by atoms with E-state index >= 15 is 0 Å². The van der Waals surface area contributed by atoms with Gasteiger partial charge in [0, 0.05) is 26.4 Å². The largest absolute Gasteiger partial charge is 0.322 e. The average molecular weight is 457 g/mol. The number of carbonyl (C=O) groups excluding carboxylic acids is 4. The number of anilines is 1. The quantitative estimate of drug-likeness (QED) is 0.569. The number of hydrogen-bond donors (Lipinski definition) is 2. The molecule has 9 nitrogen and oxygen atoms in total. The molecule has 34 heavy (non-hydrogen) atoms. The summed E-state index contributed by atoms with van der Waals surface area (Å²) >= 11 is 0. The number of imide groups is 1. The van der Waals surface area contributed by atoms with Crippen molar-refractivity contribution in [3.05, 3.63) is 82.7 Å². The van der Waals surface area contributed by atoms with E-state index in [1.807, 2.05) is 30.3 Å². The molecule has 1 aromatic heterocycles. The van der Waals surface area contributed by atoms with Gasteiger partial charge in [-0.1, -0.05) is 42.5 Å². The number of carbonyl (C=O) groups is 4. The molecule has 9 heteroatoms. The normalized spacial score (nSPS) is 17.5. The zero-order chi connectivity index (χ0) is 23.8. The van der Waals surface area contributed by atoms with Crippen molar-refractivity contribution in [3.63, 3.8) is 0 Å². The summed E-state index contributed by atoms with van der Waals surface area (Å²) in [6.45, 7) is 0.246. The van der Waals surface area contributed by atoms with Crippen molar-refractivity contribution in [1.29, 1.82) is 0 Å². The van der Waals surface area contributed by atoms with Gasteiger partial charge in [-0.05, 0) is 23.6 Å². The van der Waals surface area contributed by atoms with Crippen molar-refractivity contribution in [1.82, 2.24) is 20.0 Å². The summed E-state index contributed by atoms with van der Waals surface area (Å²) in [5.74, 6) is -1.50. The van der Waals surface area contributed by atoms with Gasteiger partial charge in [-0.2, -0.15) is 5.10 Å². The summed E-state index contributed by atoms with van der Waals surface area (Å²) in [5.41, 5.74) is 3.72. The lowest BCUT2D eigenvalue weighted by Gasteiger charge is -2.29. The molecule has 0 aliphatic carbocycles. The van der Waals surface area contributed by atoms with Gasteiger partial charge in [-0.15, -0.1) is 0 Å². The summed E-state index contributed by atoms with van der Waals surface area (Å²) in [6, 6.07) is 14.3. The van der Waals surface area contributed by atoms with Crippen LogP contribution in [0.1, 0.15) is 50.4 Å². The van der Waals surface area contributed by atoms with E-state index in [2.05, 4.69) is 15.7 Å². The summed E-state index contributed by atoms with van der Waals surface area (Å²) in [6.07, 6.45) is 2.53. The van der Waals surface area contributed by atoms with E-state index in [1.54, 1.807) is 29.9 Å². The van der Waals surface area contributed by atoms with Crippen LogP contribution in [0.15, 0.2) is 54.7 Å². The van der Waals surface area contributed by atoms with E-state index < -0.39 is 11.9 Å². The molecular formula is C25H23N5O4. The standard InChI is InChI=1S/C25H23N5O4/c1-29-20(12-15-6-3-2-4-7-15)17(13-26-29)23(32)27-18-9-5-8-16-14-30(25(34)22(16)18)19-10-11-21(31)28-24(19)33/h2-9,13,19H,10-12,14H2,1H3,(H,27,32)(H,28,31,33). The Morgan fingerprint density at radius 2 is 1.91 bits per heavy atom. The van der Waals surface area contributed by atoms with Crippen LogP contribution >= 0.6 is 0 Å². The maximum absolute atomic E-state index is 13.3. The third-order valence-electron chi connectivity index (χ3n) is 6.32. The van der Waals surface area contributed by atoms with E-state index in [-0.39, 0.29) is 37.1 Å². The minimum Gasteiger partial charge on any atom is -0.322 e. The van der Waals surface area contributed by atoms with Crippen LogP contribution in [0.5, 0.6) is 0 Å². The van der Waals surface area contributed by atoms with E-state index in [1.165, 1.54) is 11.1 Å². The predicted octanol–water partition coefficient (Wildman–Crippen LogP) is 2.02. The van der Waals surface area contributed by atoms with Crippen LogP contribution in [-0.2, 0) is 29.6 Å². The van der Waals surface area contributed by atoms with Crippen molar-refractivity contribution >= 4 is 29.3 Å². The molecule has 0 saturated carbocycles. The Kier molecular flexibility index (Phi) is 5.45. The van der Waals surface area contributed by atoms with Crippen molar-refractivity contribution in [2.75, 3.05) is 5.32 Å². The van der Waals surface area contributed by atoms with E-state index in [0.717, 1.165) is 16.8 Å². The Labute approximate surface area is 195 Å². The van der Waals surface area contributed by atoms with Crippen LogP contribution in [0.3, 0.4) is 0 Å². The van der Waals surface area contributed by atoms with Gasteiger partial charge in [0.25, 0.3) is 11.8 Å². The molecule has 3 aromatic rings. The second-order valence-corrected chi connectivity index (χ2v) is 8.48. The first kappa shape index (κ1) is 21.6. The number of aromatic nitrogens is 2. The molecule has 2 aliphatic heterocycles. The number of aryl methyl sites for hydroxylation is 1. The molecule has 1 saturated heterocycles. The maximum atomic E-state index is 13.3. The van der Waals surface area contributed by atoms with Gasteiger partial charge in [-0.3, -0.25) is 29.2 Å². The molecule has 172 valence electrons. The number of piperidine rings is 1. The van der Waals surface area contributed by atoms with Gasteiger partial charge in [-0.25, -0.2) is 0 Å². The first-order valence-electron chi connectivity index (χ1n) is 11.0. The van der Waals surface area contributed by atoms with Gasteiger partial charge < -0.3 is 10.2 Å². The number of amides is 4. The predicted molar refractivity (Wildman–Crippen MR) is 123 cm³/mol. The fourth-order valence-electron chi connectivity index (χ4n) is 4.56. The van der Waals surface area contributed by atoms with Crippen molar-refractivity contribution in [2.24, 2.45) is 7.05 Å². The summed E-state index contributed by atoms with van der Waals surface area (Å²) in [7, 11) is 1.79. The molecule has 1 fully saturated rings. The summed E-state index contributed by atoms with van der Waals surface area (Å²) in [4.78, 5) is 51.8. The van der Waals surface area contributed by atoms with Gasteiger partial charge in [0.2, 0.25) is 11.8 Å². The highest BCUT2D eigenvalue weighted by Crippen LogP contribution is 2.32. The highest BCUT2D eigenvalue weighted by molar-refractivity contribution is 6.12. The van der Waals surface area contributed by atoms with E-state index in [0.29, 0.717) is 23.2 Å². The number of nitrogens with zero attached hydrogens (tertiary/aromatic N) is 3. The Balaban J connectivity index is 1.39. The minimum absolute atomic E-state index is 0.186. The SMILES string of the molecule is Cn1ncc(C(=O)Nc2cccc3c2C(=O)N(C2CCC(=O)NC2=O)C3)c1Cc1ccccc1. The molecule has 3 heterocycles. The second kappa shape index (κ2) is 8.58. The molecule has 1 unspecified atom stereocenters. The third kappa shape index (κ3) is 3.85. The van der Waals surface area contributed by atoms with Crippen LogP contribution in [0, 0.1) is 0 Å². The zero-order valence-corrected chi connectivity index (χ0v) is 18.6. The molecule has 0 spiro atoms. The lowest BCUT2D eigenvalue weighted by molar-refractivity contribution is -0.136. The van der Waals surface area contributed by atoms with E-state index in [9.17, 15) is 19.2 Å². The highest BCUT2D eigenvalue weighted by Gasteiger charge is 2.40. The lowest BCUT2D eigenvalue weighted by atomic mass is 10.0. The number of hydrogen-bond acceptors (Lipinski definition) is 5. The molecule has 1 atom stereocenters. The number of rotatable bonds is 5. The summed E-state index contributed by atoms with van der Waals surface area (Å²) < 4.78 is 1.67. The first-order chi connectivity index (χ1) is 16.4. The van der Waals surface area contributed by atoms with Crippen LogP contribution in [0.4, 0.5) is 5.69 Å². The lowest BCUT2D eigenvalue weighted by Crippen LogP contribution is -2.52. The van der Waals surface area contributed by atoms with Gasteiger partial charge in [0.15, 0.2) is 0 Å². The number of fused-ring (bicyclic) bond motifs is 1. The van der Waals surface area contributed by atoms with Gasteiger partial charge in [0.1, 0.15) is 6.04 Å². The fourth-order valence-corrected chi connectivity index (χ4v) is 4.56. The molecule has 2 aliphatic rings. The average Bonchev–Trinajstić information content (AvgIpc) is 3.35. The van der Waals surface area contributed by atoms with Crippen LogP contribution in [0.25, 0.3) is 0 Å². The molecule has 0 radical (unpaired) electrons. The molecule has 4 amide bonds. The molecular weight excluding hydrogens is 434 g/mol. The fraction of sp³-hybridized carbons (Fsp3) is 0.240. The Morgan fingerprint density at radius 1 is 1.12 bits per heavy atom. The van der Waals surface area contributed by atoms with Crippen molar-refractivity contribution < 1.29 is 19.2 Å². The minimum atomic E-state index is -0.711. The van der Waals surface area contributed by atoms with E-state index in [4.69, 9.17) is 0 Å². The molecule has 0 bridgehead atoms.